The zero-order chi connectivity index (χ0) is 27.7. The average molecular weight is 584 g/mol. The molecule has 0 aliphatic carbocycles. The molecule has 2 aromatic rings. The average Bonchev–Trinajstić information content (AvgIpc) is 3.07. The van der Waals surface area contributed by atoms with Crippen molar-refractivity contribution < 1.29 is 22.7 Å². The van der Waals surface area contributed by atoms with E-state index >= 15 is 0 Å². The summed E-state index contributed by atoms with van der Waals surface area (Å²) in [4.78, 5) is 20.1. The second-order valence-electron chi connectivity index (χ2n) is 10.1. The summed E-state index contributed by atoms with van der Waals surface area (Å²) in [6.45, 7) is 8.14. The fraction of sp³-hybridized carbons (Fsp3) is 0.519. The van der Waals surface area contributed by atoms with Crippen molar-refractivity contribution in [3.05, 3.63) is 47.3 Å². The summed E-state index contributed by atoms with van der Waals surface area (Å²) < 4.78 is 46.8. The molecule has 0 bridgehead atoms. The molecule has 7 nitrogen and oxygen atoms in total. The summed E-state index contributed by atoms with van der Waals surface area (Å²) >= 11 is 4.66. The fourth-order valence-electron chi connectivity index (χ4n) is 5.14. The number of halogens is 4. The van der Waals surface area contributed by atoms with E-state index in [1.54, 1.807) is 18.7 Å². The Labute approximate surface area is 238 Å². The van der Waals surface area contributed by atoms with E-state index in [1.165, 1.54) is 11.0 Å². The number of carbonyl (C=O) groups is 1. The minimum atomic E-state index is -4.79. The van der Waals surface area contributed by atoms with Crippen LogP contribution in [0.15, 0.2) is 30.5 Å². The normalized spacial score (nSPS) is 19.5. The number of thiol groups is 1. The molecule has 4 rings (SSSR count). The van der Waals surface area contributed by atoms with Crippen molar-refractivity contribution in [1.29, 1.82) is 5.26 Å². The topological polar surface area (TPSA) is 81.5 Å². The number of nitriles is 1. The molecule has 0 spiro atoms. The zero-order valence-corrected chi connectivity index (χ0v) is 23.8. The minimum Gasteiger partial charge on any atom is -0.493 e. The number of hydrogen-bond acceptors (Lipinski definition) is 7. The molecule has 0 saturated carbocycles. The number of aryl methyl sites for hydroxylation is 1. The van der Waals surface area contributed by atoms with Gasteiger partial charge in [-0.25, -0.2) is 4.98 Å². The Balaban J connectivity index is 0.00000420. The van der Waals surface area contributed by atoms with Gasteiger partial charge in [-0.05, 0) is 88.4 Å². The first-order valence-corrected chi connectivity index (χ1v) is 13.3. The van der Waals surface area contributed by atoms with E-state index < -0.39 is 34.4 Å². The maximum absolute atomic E-state index is 13.6. The number of carbonyl (C=O) groups excluding carboxylic acids is 1. The fourth-order valence-corrected chi connectivity index (χ4v) is 5.80. The van der Waals surface area contributed by atoms with Gasteiger partial charge < -0.3 is 15.0 Å². The number of pyridine rings is 1. The molecular formula is C27H33ClF3N5O2S. The molecule has 212 valence electrons. The molecule has 2 aliphatic rings. The lowest BCUT2D eigenvalue weighted by atomic mass is 9.95. The standard InChI is InChI=1S/C27H32F3N5O2S.ClH/c1-4-18-13-19(5-6-23(18)37-12-9-17-7-10-32-11-8-17)35-25(38)34(24(36)26(35,2)3)20-14-21(27(28,29)30)22(15-31)33-16-20;/h5-6,13-14,16-17,25,32,38H,4,7-12H2,1-3H3;1H. The van der Waals surface area contributed by atoms with Crippen molar-refractivity contribution in [2.24, 2.45) is 5.92 Å². The zero-order valence-electron chi connectivity index (χ0n) is 22.1. The summed E-state index contributed by atoms with van der Waals surface area (Å²) in [6.07, 6.45) is 0.309. The third-order valence-corrected chi connectivity index (χ3v) is 7.78. The van der Waals surface area contributed by atoms with Crippen LogP contribution >= 0.6 is 25.0 Å². The highest BCUT2D eigenvalue weighted by molar-refractivity contribution is 7.81. The van der Waals surface area contributed by atoms with E-state index in [0.717, 1.165) is 55.9 Å². The van der Waals surface area contributed by atoms with Gasteiger partial charge >= 0.3 is 6.18 Å². The number of anilines is 2. The van der Waals surface area contributed by atoms with Crippen molar-refractivity contribution >= 4 is 42.3 Å². The Hall–Kier alpha value is -2.68. The van der Waals surface area contributed by atoms with Crippen LogP contribution in [-0.2, 0) is 17.4 Å². The van der Waals surface area contributed by atoms with E-state index in [9.17, 15) is 18.0 Å². The SMILES string of the molecule is CCc1cc(N2C(S)N(c3cnc(C#N)c(C(F)(F)F)c3)C(=O)C2(C)C)ccc1OCCC1CCNCC1.Cl. The molecular weight excluding hydrogens is 551 g/mol. The minimum absolute atomic E-state index is 0. The molecule has 2 aliphatic heterocycles. The van der Waals surface area contributed by atoms with Crippen LogP contribution in [0.4, 0.5) is 24.5 Å². The first kappa shape index (κ1) is 30.9. The van der Waals surface area contributed by atoms with Crippen molar-refractivity contribution in [3.8, 4) is 11.8 Å². The number of amides is 1. The van der Waals surface area contributed by atoms with E-state index in [-0.39, 0.29) is 18.1 Å². The van der Waals surface area contributed by atoms with Crippen molar-refractivity contribution in [2.45, 2.75) is 63.7 Å². The first-order valence-electron chi connectivity index (χ1n) is 12.7. The van der Waals surface area contributed by atoms with Gasteiger partial charge in [-0.2, -0.15) is 18.4 Å². The van der Waals surface area contributed by atoms with Gasteiger partial charge in [0.05, 0.1) is 24.1 Å². The molecule has 1 aromatic heterocycles. The summed E-state index contributed by atoms with van der Waals surface area (Å²) in [5.41, 5.74) is -2.36. The first-order chi connectivity index (χ1) is 18.0. The van der Waals surface area contributed by atoms with E-state index in [0.29, 0.717) is 24.6 Å². The van der Waals surface area contributed by atoms with Gasteiger partial charge in [-0.15, -0.1) is 25.0 Å². The maximum atomic E-state index is 13.6. The van der Waals surface area contributed by atoms with Gasteiger partial charge in [-0.1, -0.05) is 6.92 Å². The molecule has 1 N–H and O–H groups in total. The molecule has 1 unspecified atom stereocenters. The molecule has 39 heavy (non-hydrogen) atoms. The van der Waals surface area contributed by atoms with Gasteiger partial charge in [0.15, 0.2) is 11.2 Å². The summed E-state index contributed by atoms with van der Waals surface area (Å²) in [6, 6.07) is 7.92. The van der Waals surface area contributed by atoms with Crippen LogP contribution in [0.2, 0.25) is 0 Å². The van der Waals surface area contributed by atoms with E-state index in [4.69, 9.17) is 10.00 Å². The summed E-state index contributed by atoms with van der Waals surface area (Å²) in [5.74, 6) is 1.01. The Morgan fingerprint density at radius 3 is 2.54 bits per heavy atom. The van der Waals surface area contributed by atoms with Gasteiger partial charge in [0.25, 0.3) is 5.91 Å². The van der Waals surface area contributed by atoms with Gasteiger partial charge in [0.2, 0.25) is 0 Å². The van der Waals surface area contributed by atoms with Gasteiger partial charge in [0.1, 0.15) is 17.4 Å². The van der Waals surface area contributed by atoms with Crippen LogP contribution in [-0.4, -0.2) is 41.6 Å². The monoisotopic (exact) mass is 583 g/mol. The third kappa shape index (κ3) is 6.23. The molecule has 1 amide bonds. The number of benzene rings is 1. The number of rotatable bonds is 7. The van der Waals surface area contributed by atoms with Crippen LogP contribution in [0.3, 0.4) is 0 Å². The molecule has 0 radical (unpaired) electrons. The number of aromatic nitrogens is 1. The smallest absolute Gasteiger partial charge is 0.419 e. The van der Waals surface area contributed by atoms with Crippen molar-refractivity contribution in [1.82, 2.24) is 10.3 Å². The molecule has 2 saturated heterocycles. The van der Waals surface area contributed by atoms with Crippen LogP contribution in [0.5, 0.6) is 5.75 Å². The Bertz CT molecular complexity index is 1230. The number of nitrogens with one attached hydrogen (secondary N) is 1. The lowest BCUT2D eigenvalue weighted by molar-refractivity contribution is -0.138. The molecule has 12 heteroatoms. The number of ether oxygens (including phenoxy) is 1. The quantitative estimate of drug-likeness (QED) is 0.415. The lowest BCUT2D eigenvalue weighted by Gasteiger charge is -2.34. The summed E-state index contributed by atoms with van der Waals surface area (Å²) in [5, 5.41) is 12.4. The largest absolute Gasteiger partial charge is 0.493 e. The Morgan fingerprint density at radius 2 is 1.92 bits per heavy atom. The maximum Gasteiger partial charge on any atom is 0.419 e. The van der Waals surface area contributed by atoms with Crippen molar-refractivity contribution in [3.63, 3.8) is 0 Å². The predicted octanol–water partition coefficient (Wildman–Crippen LogP) is 5.57. The number of alkyl halides is 3. The van der Waals surface area contributed by atoms with Crippen LogP contribution in [0, 0.1) is 17.2 Å². The molecule has 1 aromatic carbocycles. The highest BCUT2D eigenvalue weighted by atomic mass is 35.5. The van der Waals surface area contributed by atoms with E-state index in [1.807, 2.05) is 25.1 Å². The summed E-state index contributed by atoms with van der Waals surface area (Å²) in [7, 11) is 0. The molecule has 2 fully saturated rings. The second kappa shape index (κ2) is 12.2. The van der Waals surface area contributed by atoms with Crippen LogP contribution in [0.1, 0.15) is 56.9 Å². The Morgan fingerprint density at radius 1 is 1.23 bits per heavy atom. The number of hydrogen-bond donors (Lipinski definition) is 2. The molecule has 1 atom stereocenters. The second-order valence-corrected chi connectivity index (χ2v) is 10.6. The van der Waals surface area contributed by atoms with Crippen molar-refractivity contribution in [2.75, 3.05) is 29.5 Å². The Kier molecular flexibility index (Phi) is 9.68. The van der Waals surface area contributed by atoms with Crippen LogP contribution < -0.4 is 19.9 Å². The molecule has 3 heterocycles. The number of nitrogens with zero attached hydrogens (tertiary/aromatic N) is 4. The van der Waals surface area contributed by atoms with Gasteiger partial charge in [0, 0.05) is 5.69 Å². The predicted molar refractivity (Wildman–Crippen MR) is 150 cm³/mol. The van der Waals surface area contributed by atoms with Crippen LogP contribution in [0.25, 0.3) is 0 Å². The number of piperidine rings is 1. The van der Waals surface area contributed by atoms with E-state index in [2.05, 4.69) is 22.9 Å². The lowest BCUT2D eigenvalue weighted by Crippen LogP contribution is -2.45. The van der Waals surface area contributed by atoms with Gasteiger partial charge in [-0.3, -0.25) is 9.69 Å². The highest BCUT2D eigenvalue weighted by Crippen LogP contribution is 2.42. The highest BCUT2D eigenvalue weighted by Gasteiger charge is 2.52. The third-order valence-electron chi connectivity index (χ3n) is 7.31.